The molecule has 16 heavy (non-hydrogen) atoms. The van der Waals surface area contributed by atoms with Gasteiger partial charge >= 0.3 is 0 Å². The summed E-state index contributed by atoms with van der Waals surface area (Å²) in [4.78, 5) is 11.6. The molecule has 0 unspecified atom stereocenters. The van der Waals surface area contributed by atoms with Gasteiger partial charge in [-0.15, -0.1) is 0 Å². The second kappa shape index (κ2) is 2.91. The van der Waals surface area contributed by atoms with Gasteiger partial charge in [-0.1, -0.05) is 0 Å². The van der Waals surface area contributed by atoms with Crippen molar-refractivity contribution in [3.05, 3.63) is 40.6 Å². The van der Waals surface area contributed by atoms with Crippen molar-refractivity contribution in [3.63, 3.8) is 0 Å². The van der Waals surface area contributed by atoms with Crippen molar-refractivity contribution in [3.8, 4) is 0 Å². The molecule has 5 heteroatoms. The quantitative estimate of drug-likeness (QED) is 0.621. The van der Waals surface area contributed by atoms with E-state index in [-0.39, 0.29) is 11.4 Å². The molecule has 0 aliphatic rings. The molecule has 0 fully saturated rings. The van der Waals surface area contributed by atoms with Crippen molar-refractivity contribution in [2.75, 3.05) is 0 Å². The van der Waals surface area contributed by atoms with Crippen LogP contribution in [0.2, 0.25) is 0 Å². The van der Waals surface area contributed by atoms with Crippen LogP contribution in [0.25, 0.3) is 21.8 Å². The van der Waals surface area contributed by atoms with E-state index in [9.17, 15) is 9.18 Å². The molecule has 0 amide bonds. The van der Waals surface area contributed by atoms with Crippen LogP contribution >= 0.6 is 0 Å². The Morgan fingerprint density at radius 2 is 2.19 bits per heavy atom. The lowest BCUT2D eigenvalue weighted by Crippen LogP contribution is -2.10. The van der Waals surface area contributed by atoms with E-state index in [0.29, 0.717) is 16.3 Å². The Kier molecular flexibility index (Phi) is 1.65. The van der Waals surface area contributed by atoms with E-state index in [1.807, 2.05) is 0 Å². The largest absolute Gasteiger partial charge is 0.339 e. The third-order valence-electron chi connectivity index (χ3n) is 2.78. The van der Waals surface area contributed by atoms with Crippen molar-refractivity contribution in [2.24, 2.45) is 7.05 Å². The summed E-state index contributed by atoms with van der Waals surface area (Å²) in [5.74, 6) is -0.319. The first-order valence-electron chi connectivity index (χ1n) is 4.80. The number of aromatic amines is 1. The lowest BCUT2D eigenvalue weighted by molar-refractivity contribution is 0.629. The molecule has 3 aromatic rings. The number of aromatic nitrogens is 3. The summed E-state index contributed by atoms with van der Waals surface area (Å²) in [7, 11) is 1.78. The van der Waals surface area contributed by atoms with Crippen LogP contribution in [0.4, 0.5) is 4.39 Å². The average molecular weight is 217 g/mol. The monoisotopic (exact) mass is 217 g/mol. The van der Waals surface area contributed by atoms with Crippen molar-refractivity contribution < 1.29 is 4.39 Å². The highest BCUT2D eigenvalue weighted by Gasteiger charge is 2.11. The minimum absolute atomic E-state index is 0.267. The number of hydrogen-bond donors (Lipinski definition) is 1. The Balaban J connectivity index is 2.71. The Labute approximate surface area is 89.3 Å². The Bertz CT molecular complexity index is 757. The summed E-state index contributed by atoms with van der Waals surface area (Å²) in [6.45, 7) is 0. The Morgan fingerprint density at radius 1 is 1.38 bits per heavy atom. The molecule has 0 saturated heterocycles. The summed E-state index contributed by atoms with van der Waals surface area (Å²) in [5, 5.41) is 7.47. The van der Waals surface area contributed by atoms with Gasteiger partial charge < -0.3 is 4.57 Å². The SMILES string of the molecule is Cn1c2ccc(F)cc2c2cn[nH]c(=O)c21. The fraction of sp³-hybridized carbons (Fsp3) is 0.0909. The molecule has 1 N–H and O–H groups in total. The zero-order chi connectivity index (χ0) is 11.3. The van der Waals surface area contributed by atoms with E-state index in [0.717, 1.165) is 5.52 Å². The third-order valence-corrected chi connectivity index (χ3v) is 2.78. The minimum atomic E-state index is -0.319. The van der Waals surface area contributed by atoms with Gasteiger partial charge in [-0.2, -0.15) is 5.10 Å². The minimum Gasteiger partial charge on any atom is -0.339 e. The summed E-state index contributed by atoms with van der Waals surface area (Å²) in [6, 6.07) is 4.45. The van der Waals surface area contributed by atoms with Crippen molar-refractivity contribution >= 4 is 21.8 Å². The first-order chi connectivity index (χ1) is 7.68. The zero-order valence-electron chi connectivity index (χ0n) is 8.49. The number of rotatable bonds is 0. The number of fused-ring (bicyclic) bond motifs is 3. The van der Waals surface area contributed by atoms with E-state index < -0.39 is 0 Å². The standard InChI is InChI=1S/C11H8FN3O/c1-15-9-3-2-6(12)4-7(9)8-5-13-14-11(16)10(8)15/h2-5H,1H3,(H,14,16). The zero-order valence-corrected chi connectivity index (χ0v) is 8.49. The summed E-state index contributed by atoms with van der Waals surface area (Å²) in [6.07, 6.45) is 1.54. The number of nitrogens with one attached hydrogen (secondary N) is 1. The molecule has 0 atom stereocenters. The molecule has 2 heterocycles. The predicted molar refractivity (Wildman–Crippen MR) is 58.8 cm³/mol. The van der Waals surface area contributed by atoms with Crippen LogP contribution in [0.3, 0.4) is 0 Å². The van der Waals surface area contributed by atoms with Gasteiger partial charge in [0.05, 0.1) is 6.20 Å². The van der Waals surface area contributed by atoms with Gasteiger partial charge in [-0.3, -0.25) is 4.79 Å². The third kappa shape index (κ3) is 1.02. The number of halogens is 1. The maximum absolute atomic E-state index is 13.2. The van der Waals surface area contributed by atoms with Crippen LogP contribution in [0.1, 0.15) is 0 Å². The van der Waals surface area contributed by atoms with E-state index in [1.165, 1.54) is 12.1 Å². The van der Waals surface area contributed by atoms with Gasteiger partial charge in [-0.05, 0) is 18.2 Å². The number of aryl methyl sites for hydroxylation is 1. The van der Waals surface area contributed by atoms with Gasteiger partial charge in [0.25, 0.3) is 5.56 Å². The summed E-state index contributed by atoms with van der Waals surface area (Å²) in [5.41, 5.74) is 1.06. The molecule has 0 aliphatic carbocycles. The van der Waals surface area contributed by atoms with Crippen LogP contribution in [0.5, 0.6) is 0 Å². The topological polar surface area (TPSA) is 50.7 Å². The first kappa shape index (κ1) is 9.08. The highest BCUT2D eigenvalue weighted by molar-refractivity contribution is 6.07. The summed E-state index contributed by atoms with van der Waals surface area (Å²) >= 11 is 0. The van der Waals surface area contributed by atoms with Gasteiger partial charge in [0.1, 0.15) is 11.3 Å². The maximum atomic E-state index is 13.2. The van der Waals surface area contributed by atoms with Crippen LogP contribution in [0.15, 0.2) is 29.2 Å². The van der Waals surface area contributed by atoms with E-state index in [4.69, 9.17) is 0 Å². The van der Waals surface area contributed by atoms with Crippen LogP contribution < -0.4 is 5.56 Å². The van der Waals surface area contributed by atoms with E-state index in [2.05, 4.69) is 10.2 Å². The molecule has 3 rings (SSSR count). The molecule has 0 bridgehead atoms. The van der Waals surface area contributed by atoms with Gasteiger partial charge in [-0.25, -0.2) is 9.49 Å². The predicted octanol–water partition coefficient (Wildman–Crippen LogP) is 1.55. The fourth-order valence-electron chi connectivity index (χ4n) is 2.06. The fourth-order valence-corrected chi connectivity index (χ4v) is 2.06. The van der Waals surface area contributed by atoms with Gasteiger partial charge in [0.2, 0.25) is 0 Å². The average Bonchev–Trinajstić information content (AvgIpc) is 2.54. The van der Waals surface area contributed by atoms with E-state index in [1.54, 1.807) is 23.9 Å². The number of benzene rings is 1. The lowest BCUT2D eigenvalue weighted by Gasteiger charge is -1.95. The normalized spacial score (nSPS) is 11.4. The maximum Gasteiger partial charge on any atom is 0.288 e. The first-order valence-corrected chi connectivity index (χ1v) is 4.80. The highest BCUT2D eigenvalue weighted by atomic mass is 19.1. The second-order valence-corrected chi connectivity index (χ2v) is 3.68. The molecule has 0 aliphatic heterocycles. The van der Waals surface area contributed by atoms with Crippen LogP contribution in [0, 0.1) is 5.82 Å². The molecule has 2 aromatic heterocycles. The number of hydrogen-bond acceptors (Lipinski definition) is 2. The van der Waals surface area contributed by atoms with Gasteiger partial charge in [0.15, 0.2) is 0 Å². The molecule has 0 saturated carbocycles. The number of nitrogens with zero attached hydrogens (tertiary/aromatic N) is 2. The van der Waals surface area contributed by atoms with Crippen molar-refractivity contribution in [2.45, 2.75) is 0 Å². The molecule has 80 valence electrons. The summed E-state index contributed by atoms with van der Waals surface area (Å²) < 4.78 is 14.9. The molecular weight excluding hydrogens is 209 g/mol. The number of H-pyrrole nitrogens is 1. The van der Waals surface area contributed by atoms with E-state index >= 15 is 0 Å². The van der Waals surface area contributed by atoms with Crippen molar-refractivity contribution in [1.82, 2.24) is 14.8 Å². The lowest BCUT2D eigenvalue weighted by atomic mass is 10.2. The Morgan fingerprint density at radius 3 is 3.00 bits per heavy atom. The Hall–Kier alpha value is -2.17. The molecular formula is C11H8FN3O. The second-order valence-electron chi connectivity index (χ2n) is 3.68. The van der Waals surface area contributed by atoms with Crippen LogP contribution in [-0.2, 0) is 7.05 Å². The molecule has 0 spiro atoms. The highest BCUT2D eigenvalue weighted by Crippen LogP contribution is 2.25. The van der Waals surface area contributed by atoms with Crippen LogP contribution in [-0.4, -0.2) is 14.8 Å². The van der Waals surface area contributed by atoms with Crippen molar-refractivity contribution in [1.29, 1.82) is 0 Å². The molecule has 4 nitrogen and oxygen atoms in total. The molecule has 1 aromatic carbocycles. The van der Waals surface area contributed by atoms with Gasteiger partial charge in [0, 0.05) is 23.3 Å². The molecule has 0 radical (unpaired) electrons. The smallest absolute Gasteiger partial charge is 0.288 e.